The van der Waals surface area contributed by atoms with Gasteiger partial charge in [0, 0.05) is 10.6 Å². The molecular weight excluding hydrogens is 315 g/mol. The summed E-state index contributed by atoms with van der Waals surface area (Å²) in [6, 6.07) is 6.57. The van der Waals surface area contributed by atoms with Crippen LogP contribution in [0.4, 0.5) is 0 Å². The van der Waals surface area contributed by atoms with E-state index in [0.29, 0.717) is 10.6 Å². The monoisotopic (exact) mass is 330 g/mol. The molecule has 9 heteroatoms. The highest BCUT2D eigenvalue weighted by atomic mass is 35.5. The summed E-state index contributed by atoms with van der Waals surface area (Å²) in [4.78, 5) is 20.1. The van der Waals surface area contributed by atoms with E-state index in [4.69, 9.17) is 23.1 Å². The zero-order chi connectivity index (χ0) is 14.9. The van der Waals surface area contributed by atoms with Gasteiger partial charge in [-0.15, -0.1) is 12.4 Å². The molecule has 1 aliphatic rings. The fraction of sp³-hybridized carbons (Fsp3) is 0.250. The van der Waals surface area contributed by atoms with Crippen molar-refractivity contribution in [1.29, 1.82) is 0 Å². The van der Waals surface area contributed by atoms with Crippen molar-refractivity contribution < 1.29 is 4.79 Å². The van der Waals surface area contributed by atoms with Gasteiger partial charge in [0.15, 0.2) is 5.66 Å². The Morgan fingerprint density at radius 3 is 2.62 bits per heavy atom. The Labute approximate surface area is 133 Å². The lowest BCUT2D eigenvalue weighted by Crippen LogP contribution is -2.61. The van der Waals surface area contributed by atoms with Crippen LogP contribution in [0.5, 0.6) is 0 Å². The number of benzene rings is 1. The predicted molar refractivity (Wildman–Crippen MR) is 85.3 cm³/mol. The van der Waals surface area contributed by atoms with Crippen LogP contribution in [0.3, 0.4) is 0 Å². The first-order valence-electron chi connectivity index (χ1n) is 5.86. The lowest BCUT2D eigenvalue weighted by Gasteiger charge is -2.37. The summed E-state index contributed by atoms with van der Waals surface area (Å²) in [7, 11) is 0. The lowest BCUT2D eigenvalue weighted by atomic mass is 10.2. The van der Waals surface area contributed by atoms with Crippen molar-refractivity contribution in [3.63, 3.8) is 0 Å². The molecule has 114 valence electrons. The van der Waals surface area contributed by atoms with Gasteiger partial charge in [0.05, 0.1) is 0 Å². The SMILES string of the molecule is CC1(C)N=C(N)N=C(N)N1NC(=O)c1cccc(Cl)c1.Cl. The Balaban J connectivity index is 0.00000220. The van der Waals surface area contributed by atoms with Crippen molar-refractivity contribution in [2.45, 2.75) is 19.5 Å². The molecular formula is C12H16Cl2N6O. The molecule has 5 N–H and O–H groups in total. The standard InChI is InChI=1S/C12H15ClN6O.ClH/c1-12(2)17-10(14)16-11(15)19(12)18-9(20)7-4-3-5-8(13)6-7;/h3-6H,1-2H3,(H,18,20)(H4,14,15,16,17);1H. The predicted octanol–water partition coefficient (Wildman–Crippen LogP) is 1.09. The molecule has 0 spiro atoms. The summed E-state index contributed by atoms with van der Waals surface area (Å²) >= 11 is 5.86. The number of hydrogen-bond donors (Lipinski definition) is 3. The van der Waals surface area contributed by atoms with Gasteiger partial charge in [-0.1, -0.05) is 17.7 Å². The van der Waals surface area contributed by atoms with Gasteiger partial charge in [-0.05, 0) is 32.0 Å². The molecule has 1 aliphatic heterocycles. The number of nitrogens with zero attached hydrogens (tertiary/aromatic N) is 3. The first-order valence-corrected chi connectivity index (χ1v) is 6.24. The first kappa shape index (κ1) is 17.1. The minimum Gasteiger partial charge on any atom is -0.368 e. The van der Waals surface area contributed by atoms with E-state index in [1.165, 1.54) is 5.01 Å². The van der Waals surface area contributed by atoms with E-state index < -0.39 is 5.66 Å². The summed E-state index contributed by atoms with van der Waals surface area (Å²) in [6.07, 6.45) is 0. The van der Waals surface area contributed by atoms with E-state index in [-0.39, 0.29) is 30.2 Å². The van der Waals surface area contributed by atoms with Crippen molar-refractivity contribution in [3.05, 3.63) is 34.9 Å². The van der Waals surface area contributed by atoms with E-state index in [0.717, 1.165) is 0 Å². The number of nitrogens with one attached hydrogen (secondary N) is 1. The fourth-order valence-corrected chi connectivity index (χ4v) is 1.98. The second kappa shape index (κ2) is 6.19. The number of nitrogens with two attached hydrogens (primary N) is 2. The number of carbonyl (C=O) groups is 1. The van der Waals surface area contributed by atoms with Crippen LogP contribution in [0.15, 0.2) is 34.3 Å². The average Bonchev–Trinajstić information content (AvgIpc) is 2.32. The van der Waals surface area contributed by atoms with E-state index in [9.17, 15) is 4.79 Å². The Morgan fingerprint density at radius 2 is 2.05 bits per heavy atom. The largest absolute Gasteiger partial charge is 0.368 e. The zero-order valence-corrected chi connectivity index (χ0v) is 13.1. The first-order chi connectivity index (χ1) is 9.29. The van der Waals surface area contributed by atoms with E-state index >= 15 is 0 Å². The molecule has 0 saturated carbocycles. The summed E-state index contributed by atoms with van der Waals surface area (Å²) in [6.45, 7) is 3.50. The number of carbonyl (C=O) groups excluding carboxylic acids is 1. The van der Waals surface area contributed by atoms with Gasteiger partial charge in [0.25, 0.3) is 5.91 Å². The van der Waals surface area contributed by atoms with Gasteiger partial charge >= 0.3 is 0 Å². The Kier molecular flexibility index (Phi) is 5.03. The lowest BCUT2D eigenvalue weighted by molar-refractivity contribution is 0.0752. The van der Waals surface area contributed by atoms with Gasteiger partial charge in [0.2, 0.25) is 11.9 Å². The van der Waals surface area contributed by atoms with E-state index in [2.05, 4.69) is 15.4 Å². The second-order valence-corrected chi connectivity index (χ2v) is 5.16. The molecule has 0 radical (unpaired) electrons. The smallest absolute Gasteiger partial charge is 0.270 e. The van der Waals surface area contributed by atoms with Crippen molar-refractivity contribution in [3.8, 4) is 0 Å². The van der Waals surface area contributed by atoms with Gasteiger partial charge in [-0.2, -0.15) is 4.99 Å². The third kappa shape index (κ3) is 3.77. The maximum Gasteiger partial charge on any atom is 0.270 e. The third-order valence-electron chi connectivity index (χ3n) is 2.69. The Bertz CT molecular complexity index is 614. The molecule has 1 heterocycles. The third-order valence-corrected chi connectivity index (χ3v) is 2.93. The molecule has 1 aromatic carbocycles. The Morgan fingerprint density at radius 1 is 1.38 bits per heavy atom. The molecule has 2 rings (SSSR count). The molecule has 0 aliphatic carbocycles. The number of aliphatic imine (C=N–C) groups is 2. The maximum atomic E-state index is 12.2. The van der Waals surface area contributed by atoms with Crippen molar-refractivity contribution in [2.24, 2.45) is 21.5 Å². The van der Waals surface area contributed by atoms with Crippen LogP contribution in [0.25, 0.3) is 0 Å². The van der Waals surface area contributed by atoms with Crippen LogP contribution < -0.4 is 16.9 Å². The summed E-state index contributed by atoms with van der Waals surface area (Å²) in [5.41, 5.74) is 13.5. The topological polar surface area (TPSA) is 109 Å². The second-order valence-electron chi connectivity index (χ2n) is 4.72. The minimum absolute atomic E-state index is 0. The molecule has 0 aromatic heterocycles. The number of amides is 1. The van der Waals surface area contributed by atoms with Crippen LogP contribution in [-0.2, 0) is 0 Å². The van der Waals surface area contributed by atoms with Crippen molar-refractivity contribution >= 4 is 41.8 Å². The number of hydrazine groups is 1. The fourth-order valence-electron chi connectivity index (χ4n) is 1.79. The molecule has 1 aromatic rings. The molecule has 7 nitrogen and oxygen atoms in total. The normalized spacial score (nSPS) is 16.4. The maximum absolute atomic E-state index is 12.2. The van der Waals surface area contributed by atoms with Crippen LogP contribution in [0.1, 0.15) is 24.2 Å². The van der Waals surface area contributed by atoms with Crippen molar-refractivity contribution in [1.82, 2.24) is 10.4 Å². The summed E-state index contributed by atoms with van der Waals surface area (Å²) < 4.78 is 0. The number of halogens is 2. The van der Waals surface area contributed by atoms with Crippen LogP contribution in [0, 0.1) is 0 Å². The molecule has 21 heavy (non-hydrogen) atoms. The quantitative estimate of drug-likeness (QED) is 0.753. The highest BCUT2D eigenvalue weighted by Crippen LogP contribution is 2.18. The summed E-state index contributed by atoms with van der Waals surface area (Å²) in [5, 5.41) is 1.83. The van der Waals surface area contributed by atoms with Crippen LogP contribution in [0.2, 0.25) is 5.02 Å². The van der Waals surface area contributed by atoms with Gasteiger partial charge in [0.1, 0.15) is 0 Å². The van der Waals surface area contributed by atoms with E-state index in [1.807, 2.05) is 0 Å². The highest BCUT2D eigenvalue weighted by molar-refractivity contribution is 6.30. The average molecular weight is 331 g/mol. The molecule has 0 unspecified atom stereocenters. The van der Waals surface area contributed by atoms with E-state index in [1.54, 1.807) is 38.1 Å². The highest BCUT2D eigenvalue weighted by Gasteiger charge is 2.33. The summed E-state index contributed by atoms with van der Waals surface area (Å²) in [5.74, 6) is -0.229. The molecule has 0 saturated heterocycles. The Hall–Kier alpha value is -1.99. The van der Waals surface area contributed by atoms with Crippen LogP contribution >= 0.6 is 24.0 Å². The van der Waals surface area contributed by atoms with Gasteiger partial charge in [-0.25, -0.2) is 10.0 Å². The van der Waals surface area contributed by atoms with Crippen LogP contribution in [-0.4, -0.2) is 28.5 Å². The molecule has 1 amide bonds. The van der Waals surface area contributed by atoms with Crippen molar-refractivity contribution in [2.75, 3.05) is 0 Å². The number of rotatable bonds is 2. The molecule has 0 bridgehead atoms. The number of hydrogen-bond acceptors (Lipinski definition) is 6. The van der Waals surface area contributed by atoms with Gasteiger partial charge < -0.3 is 11.5 Å². The zero-order valence-electron chi connectivity index (χ0n) is 11.5. The number of guanidine groups is 2. The minimum atomic E-state index is -0.829. The molecule has 0 fully saturated rings. The molecule has 0 atom stereocenters. The van der Waals surface area contributed by atoms with Gasteiger partial charge in [-0.3, -0.25) is 10.2 Å².